The molecule has 0 bridgehead atoms. The number of morpholine rings is 1. The van der Waals surface area contributed by atoms with Gasteiger partial charge in [-0.25, -0.2) is 9.79 Å². The highest BCUT2D eigenvalue weighted by Gasteiger charge is 2.38. The van der Waals surface area contributed by atoms with E-state index < -0.39 is 17.7 Å². The second-order valence-electron chi connectivity index (χ2n) is 11.4. The van der Waals surface area contributed by atoms with Crippen molar-refractivity contribution in [1.29, 1.82) is 5.26 Å². The summed E-state index contributed by atoms with van der Waals surface area (Å²) in [7, 11) is 0. The van der Waals surface area contributed by atoms with Crippen molar-refractivity contribution in [3.63, 3.8) is 0 Å². The van der Waals surface area contributed by atoms with Crippen molar-refractivity contribution in [1.82, 2.24) is 20.4 Å². The lowest BCUT2D eigenvalue weighted by Crippen LogP contribution is -2.57. The second kappa shape index (κ2) is 14.3. The van der Waals surface area contributed by atoms with Gasteiger partial charge in [0.15, 0.2) is 0 Å². The zero-order valence-corrected chi connectivity index (χ0v) is 23.9. The van der Waals surface area contributed by atoms with Crippen LogP contribution in [0.25, 0.3) is 0 Å². The Morgan fingerprint density at radius 3 is 2.41 bits per heavy atom. The molecule has 2 amide bonds. The molecule has 1 aromatic carbocycles. The molecule has 0 radical (unpaired) electrons. The highest BCUT2D eigenvalue weighted by atomic mass is 16.5. The molecule has 1 atom stereocenters. The fourth-order valence-corrected chi connectivity index (χ4v) is 4.83. The second-order valence-corrected chi connectivity index (χ2v) is 11.4. The molecular weight excluding hydrogens is 496 g/mol. The molecule has 0 unspecified atom stereocenters. The Bertz CT molecular complexity index is 1000. The fourth-order valence-electron chi connectivity index (χ4n) is 4.83. The Morgan fingerprint density at radius 2 is 1.82 bits per heavy atom. The summed E-state index contributed by atoms with van der Waals surface area (Å²) in [6.07, 6.45) is 1.88. The predicted octanol–water partition coefficient (Wildman–Crippen LogP) is 2.94. The number of likely N-dealkylation sites (tertiary alicyclic amines) is 1. The lowest BCUT2D eigenvalue weighted by Gasteiger charge is -2.38. The third-order valence-corrected chi connectivity index (χ3v) is 7.03. The number of hydrogen-bond donors (Lipinski definition) is 2. The molecule has 2 aliphatic rings. The van der Waals surface area contributed by atoms with Gasteiger partial charge >= 0.3 is 6.09 Å². The van der Waals surface area contributed by atoms with Crippen LogP contribution in [0.5, 0.6) is 0 Å². The van der Waals surface area contributed by atoms with E-state index in [9.17, 15) is 14.9 Å². The molecule has 2 N–H and O–H groups in total. The maximum Gasteiger partial charge on any atom is 0.413 e. The number of nitriles is 1. The van der Waals surface area contributed by atoms with Crippen molar-refractivity contribution in [2.24, 2.45) is 10.4 Å². The average molecular weight is 541 g/mol. The van der Waals surface area contributed by atoms with E-state index in [1.165, 1.54) is 5.56 Å². The van der Waals surface area contributed by atoms with Gasteiger partial charge in [0.2, 0.25) is 11.9 Å². The molecule has 39 heavy (non-hydrogen) atoms. The van der Waals surface area contributed by atoms with Gasteiger partial charge in [0.1, 0.15) is 11.6 Å². The summed E-state index contributed by atoms with van der Waals surface area (Å²) >= 11 is 0. The third kappa shape index (κ3) is 9.83. The van der Waals surface area contributed by atoms with E-state index in [1.54, 1.807) is 6.92 Å². The van der Waals surface area contributed by atoms with Crippen LogP contribution in [0.2, 0.25) is 0 Å². The number of alkyl carbamates (subject to hydrolysis) is 1. The number of rotatable bonds is 8. The van der Waals surface area contributed by atoms with Crippen LogP contribution in [-0.2, 0) is 20.7 Å². The van der Waals surface area contributed by atoms with E-state index in [2.05, 4.69) is 33.7 Å². The summed E-state index contributed by atoms with van der Waals surface area (Å²) in [5, 5.41) is 15.9. The maximum absolute atomic E-state index is 13.7. The lowest BCUT2D eigenvalue weighted by molar-refractivity contribution is -0.124. The van der Waals surface area contributed by atoms with Crippen molar-refractivity contribution < 1.29 is 19.1 Å². The standard InChI is InChI=1S/C29H44N6O4/c1-5-39-27(37)32-26(35-17-19-38-20-18-35)31-24(21-28(2,3)4)25(36)33-29(22-30)12-15-34(16-13-29)14-11-23-9-7-6-8-10-23/h6-10,24H,5,11-21H2,1-4H3,(H,33,36)(H,31,32,37)/t24-/m0/s1. The largest absolute Gasteiger partial charge is 0.450 e. The Labute approximate surface area is 232 Å². The summed E-state index contributed by atoms with van der Waals surface area (Å²) < 4.78 is 10.5. The number of ether oxygens (including phenoxy) is 2. The van der Waals surface area contributed by atoms with Gasteiger partial charge in [-0.15, -0.1) is 0 Å². The van der Waals surface area contributed by atoms with Crippen LogP contribution in [-0.4, -0.2) is 91.9 Å². The molecule has 0 aliphatic carbocycles. The number of hydrogen-bond acceptors (Lipinski definition) is 7. The quantitative estimate of drug-likeness (QED) is 0.384. The lowest BCUT2D eigenvalue weighted by atomic mass is 9.85. The summed E-state index contributed by atoms with van der Waals surface area (Å²) in [5.41, 5.74) is 0.129. The zero-order valence-electron chi connectivity index (χ0n) is 23.9. The van der Waals surface area contributed by atoms with Gasteiger partial charge in [-0.05, 0) is 43.6 Å². The minimum Gasteiger partial charge on any atom is -0.450 e. The summed E-state index contributed by atoms with van der Waals surface area (Å²) in [6.45, 7) is 12.5. The molecule has 214 valence electrons. The normalized spacial score (nSPS) is 19.1. The first-order valence-electron chi connectivity index (χ1n) is 14.0. The number of guanidine groups is 1. The SMILES string of the molecule is CCOC(=O)NC(=N[C@@H](CC(C)(C)C)C(=O)NC1(C#N)CCN(CCc2ccccc2)CC1)N1CCOCC1. The smallest absolute Gasteiger partial charge is 0.413 e. The van der Waals surface area contributed by atoms with Crippen LogP contribution in [0.4, 0.5) is 4.79 Å². The first kappa shape index (κ1) is 30.4. The molecule has 0 aromatic heterocycles. The van der Waals surface area contributed by atoms with Gasteiger partial charge in [-0.2, -0.15) is 5.26 Å². The molecule has 2 heterocycles. The predicted molar refractivity (Wildman–Crippen MR) is 150 cm³/mol. The molecule has 0 spiro atoms. The number of nitrogens with one attached hydrogen (secondary N) is 2. The van der Waals surface area contributed by atoms with E-state index in [1.807, 2.05) is 43.9 Å². The van der Waals surface area contributed by atoms with Crippen molar-refractivity contribution in [3.05, 3.63) is 35.9 Å². The van der Waals surface area contributed by atoms with E-state index in [4.69, 9.17) is 14.5 Å². The molecule has 10 nitrogen and oxygen atoms in total. The topological polar surface area (TPSA) is 119 Å². The zero-order chi connectivity index (χ0) is 28.3. The number of carbonyl (C=O) groups is 2. The van der Waals surface area contributed by atoms with E-state index in [-0.39, 0.29) is 17.9 Å². The number of piperidine rings is 1. The highest BCUT2D eigenvalue weighted by molar-refractivity contribution is 5.96. The molecule has 2 aliphatic heterocycles. The number of amides is 2. The molecular formula is C29H44N6O4. The number of aliphatic imine (C=N–C) groups is 1. The summed E-state index contributed by atoms with van der Waals surface area (Å²) in [4.78, 5) is 35.0. The minimum absolute atomic E-state index is 0.216. The van der Waals surface area contributed by atoms with E-state index in [0.29, 0.717) is 51.5 Å². The first-order chi connectivity index (χ1) is 18.6. The summed E-state index contributed by atoms with van der Waals surface area (Å²) in [6, 6.07) is 12.0. The molecule has 0 saturated carbocycles. The Balaban J connectivity index is 1.72. The van der Waals surface area contributed by atoms with Gasteiger partial charge in [0.05, 0.1) is 25.9 Å². The number of benzene rings is 1. The Hall–Kier alpha value is -3.16. The fraction of sp³-hybridized carbons (Fsp3) is 0.655. The van der Waals surface area contributed by atoms with Crippen LogP contribution in [0.15, 0.2) is 35.3 Å². The van der Waals surface area contributed by atoms with Crippen LogP contribution in [0, 0.1) is 16.7 Å². The molecule has 10 heteroatoms. The van der Waals surface area contributed by atoms with Gasteiger partial charge in [-0.1, -0.05) is 51.1 Å². The highest BCUT2D eigenvalue weighted by Crippen LogP contribution is 2.26. The Morgan fingerprint density at radius 1 is 1.15 bits per heavy atom. The third-order valence-electron chi connectivity index (χ3n) is 7.03. The van der Waals surface area contributed by atoms with Gasteiger partial charge in [0.25, 0.3) is 0 Å². The van der Waals surface area contributed by atoms with Crippen molar-refractivity contribution in [3.8, 4) is 6.07 Å². The van der Waals surface area contributed by atoms with Gasteiger partial charge in [0, 0.05) is 32.7 Å². The van der Waals surface area contributed by atoms with E-state index >= 15 is 0 Å². The number of carbonyl (C=O) groups excluding carboxylic acids is 2. The van der Waals surface area contributed by atoms with Crippen molar-refractivity contribution in [2.75, 3.05) is 52.5 Å². The maximum atomic E-state index is 13.7. The minimum atomic E-state index is -0.945. The molecule has 1 aromatic rings. The van der Waals surface area contributed by atoms with E-state index in [0.717, 1.165) is 26.1 Å². The monoisotopic (exact) mass is 540 g/mol. The van der Waals surface area contributed by atoms with Gasteiger partial charge in [-0.3, -0.25) is 10.1 Å². The van der Waals surface area contributed by atoms with Crippen LogP contribution >= 0.6 is 0 Å². The van der Waals surface area contributed by atoms with Crippen molar-refractivity contribution >= 4 is 18.0 Å². The van der Waals surface area contributed by atoms with Crippen LogP contribution < -0.4 is 10.6 Å². The van der Waals surface area contributed by atoms with Crippen molar-refractivity contribution in [2.45, 2.75) is 65.0 Å². The van der Waals surface area contributed by atoms with Crippen LogP contribution in [0.3, 0.4) is 0 Å². The van der Waals surface area contributed by atoms with Crippen LogP contribution in [0.1, 0.15) is 52.5 Å². The molecule has 2 fully saturated rings. The average Bonchev–Trinajstić information content (AvgIpc) is 2.92. The Kier molecular flexibility index (Phi) is 11.1. The summed E-state index contributed by atoms with van der Waals surface area (Å²) in [5.74, 6) is -0.0106. The molecule has 3 rings (SSSR count). The molecule has 2 saturated heterocycles. The van der Waals surface area contributed by atoms with Gasteiger partial charge < -0.3 is 24.6 Å². The first-order valence-corrected chi connectivity index (χ1v) is 14.0. The number of nitrogens with zero attached hydrogens (tertiary/aromatic N) is 4.